The maximum atomic E-state index is 11.0. The molecule has 0 heterocycles. The van der Waals surface area contributed by atoms with Crippen molar-refractivity contribution < 1.29 is 10.2 Å². The van der Waals surface area contributed by atoms with Crippen molar-refractivity contribution in [3.63, 3.8) is 0 Å². The molecule has 0 saturated carbocycles. The van der Waals surface area contributed by atoms with Crippen molar-refractivity contribution in [1.29, 1.82) is 0 Å². The zero-order valence-electron chi connectivity index (χ0n) is 26.2. The van der Waals surface area contributed by atoms with Gasteiger partial charge in [0.25, 0.3) is 0 Å². The highest BCUT2D eigenvalue weighted by molar-refractivity contribution is 5.85. The molecule has 0 atom stereocenters. The van der Waals surface area contributed by atoms with Gasteiger partial charge in [0.1, 0.15) is 11.5 Å². The summed E-state index contributed by atoms with van der Waals surface area (Å²) in [5.41, 5.74) is 5.39. The van der Waals surface area contributed by atoms with Crippen LogP contribution in [0.1, 0.15) is 123 Å². The van der Waals surface area contributed by atoms with E-state index in [1.807, 2.05) is 0 Å². The molecule has 4 nitrogen and oxygen atoms in total. The number of aromatic hydroxyl groups is 2. The number of benzene rings is 2. The highest BCUT2D eigenvalue weighted by Crippen LogP contribution is 2.38. The van der Waals surface area contributed by atoms with Crippen LogP contribution in [-0.4, -0.2) is 35.7 Å². The zero-order chi connectivity index (χ0) is 29.3. The first-order valence-electron chi connectivity index (χ1n) is 13.9. The standard InChI is InChI=1S/C34H52N2O2/c1-22(18-35-20-23-14-25(31(2,3)4)16-27(29(23)37)33(8,9)10)19-36-21-24-15-26(32(5,6)7)17-28(30(24)38)34(11,12)13/h14-17,20-22,37-38H,18-19H2,1-13H3. The summed E-state index contributed by atoms with van der Waals surface area (Å²) in [4.78, 5) is 9.35. The fraction of sp³-hybridized carbons (Fsp3) is 0.588. The molecule has 0 aliphatic rings. The number of phenolic OH excluding ortho intramolecular Hbond substituents is 2. The number of aliphatic imine (C=N–C) groups is 2. The Morgan fingerprint density at radius 2 is 0.895 bits per heavy atom. The first kappa shape index (κ1) is 31.6. The molecular weight excluding hydrogens is 468 g/mol. The molecule has 0 bridgehead atoms. The molecule has 0 aliphatic heterocycles. The van der Waals surface area contributed by atoms with E-state index in [4.69, 9.17) is 0 Å². The van der Waals surface area contributed by atoms with Crippen LogP contribution in [0.4, 0.5) is 0 Å². The first-order chi connectivity index (χ1) is 17.1. The molecule has 0 radical (unpaired) electrons. The van der Waals surface area contributed by atoms with E-state index in [1.165, 1.54) is 11.1 Å². The van der Waals surface area contributed by atoms with Crippen LogP contribution in [0.3, 0.4) is 0 Å². The van der Waals surface area contributed by atoms with E-state index >= 15 is 0 Å². The third-order valence-corrected chi connectivity index (χ3v) is 6.92. The Hall–Kier alpha value is -2.62. The average molecular weight is 521 g/mol. The molecule has 210 valence electrons. The monoisotopic (exact) mass is 520 g/mol. The lowest BCUT2D eigenvalue weighted by molar-refractivity contribution is 0.443. The second kappa shape index (κ2) is 11.2. The van der Waals surface area contributed by atoms with E-state index in [0.29, 0.717) is 24.6 Å². The van der Waals surface area contributed by atoms with Gasteiger partial charge in [0, 0.05) is 47.8 Å². The van der Waals surface area contributed by atoms with Gasteiger partial charge in [0.15, 0.2) is 0 Å². The van der Waals surface area contributed by atoms with Crippen LogP contribution < -0.4 is 0 Å². The lowest BCUT2D eigenvalue weighted by Gasteiger charge is -2.27. The van der Waals surface area contributed by atoms with E-state index < -0.39 is 0 Å². The molecule has 2 N–H and O–H groups in total. The van der Waals surface area contributed by atoms with Crippen molar-refractivity contribution in [3.05, 3.63) is 57.6 Å². The Bertz CT molecular complexity index is 1080. The molecule has 0 aromatic heterocycles. The summed E-state index contributed by atoms with van der Waals surface area (Å²) in [6.45, 7) is 29.2. The Kier molecular flexibility index (Phi) is 9.35. The molecule has 0 unspecified atom stereocenters. The van der Waals surface area contributed by atoms with Gasteiger partial charge in [0.2, 0.25) is 0 Å². The summed E-state index contributed by atoms with van der Waals surface area (Å²) in [6.07, 6.45) is 3.60. The van der Waals surface area contributed by atoms with Crippen LogP contribution >= 0.6 is 0 Å². The molecule has 2 aromatic rings. The summed E-state index contributed by atoms with van der Waals surface area (Å²) in [5, 5.41) is 22.0. The fourth-order valence-corrected chi connectivity index (χ4v) is 4.24. The van der Waals surface area contributed by atoms with E-state index in [2.05, 4.69) is 124 Å². The molecule has 38 heavy (non-hydrogen) atoms. The SMILES string of the molecule is CC(CN=Cc1cc(C(C)(C)C)cc(C(C)(C)C)c1O)CN=Cc1cc(C(C)(C)C)cc(C(C)(C)C)c1O. The van der Waals surface area contributed by atoms with Gasteiger partial charge in [-0.15, -0.1) is 0 Å². The number of nitrogens with zero attached hydrogens (tertiary/aromatic N) is 2. The normalized spacial score (nSPS) is 14.6. The second-order valence-corrected chi connectivity index (χ2v) is 15.0. The molecule has 0 aliphatic carbocycles. The summed E-state index contributed by atoms with van der Waals surface area (Å²) in [7, 11) is 0. The molecule has 2 aromatic carbocycles. The van der Waals surface area contributed by atoms with Crippen LogP contribution in [0.15, 0.2) is 34.3 Å². The predicted molar refractivity (Wildman–Crippen MR) is 165 cm³/mol. The highest BCUT2D eigenvalue weighted by atomic mass is 16.3. The lowest BCUT2D eigenvalue weighted by Crippen LogP contribution is -2.17. The van der Waals surface area contributed by atoms with Crippen LogP contribution in [-0.2, 0) is 21.7 Å². The topological polar surface area (TPSA) is 65.2 Å². The van der Waals surface area contributed by atoms with Gasteiger partial charge in [-0.2, -0.15) is 0 Å². The van der Waals surface area contributed by atoms with E-state index in [9.17, 15) is 10.2 Å². The van der Waals surface area contributed by atoms with Crippen molar-refractivity contribution in [1.82, 2.24) is 0 Å². The van der Waals surface area contributed by atoms with Gasteiger partial charge < -0.3 is 10.2 Å². The van der Waals surface area contributed by atoms with Crippen molar-refractivity contribution in [2.24, 2.45) is 15.9 Å². The number of hydrogen-bond donors (Lipinski definition) is 2. The number of phenols is 2. The summed E-state index contributed by atoms with van der Waals surface area (Å²) in [5.74, 6) is 0.833. The number of rotatable bonds is 6. The highest BCUT2D eigenvalue weighted by Gasteiger charge is 2.25. The van der Waals surface area contributed by atoms with Crippen molar-refractivity contribution in [3.8, 4) is 11.5 Å². The molecule has 0 fully saturated rings. The average Bonchev–Trinajstić information content (AvgIpc) is 2.72. The smallest absolute Gasteiger partial charge is 0.128 e. The third kappa shape index (κ3) is 8.19. The zero-order valence-corrected chi connectivity index (χ0v) is 26.2. The van der Waals surface area contributed by atoms with Gasteiger partial charge in [-0.3, -0.25) is 9.98 Å². The predicted octanol–water partition coefficient (Wildman–Crippen LogP) is 8.46. The molecule has 0 amide bonds. The molecule has 4 heteroatoms. The minimum absolute atomic E-state index is 0.0268. The largest absolute Gasteiger partial charge is 0.507 e. The fourth-order valence-electron chi connectivity index (χ4n) is 4.24. The van der Waals surface area contributed by atoms with Crippen LogP contribution in [0.5, 0.6) is 11.5 Å². The van der Waals surface area contributed by atoms with Gasteiger partial charge >= 0.3 is 0 Å². The Morgan fingerprint density at radius 1 is 0.579 bits per heavy atom. The van der Waals surface area contributed by atoms with Gasteiger partial charge in [-0.1, -0.05) is 102 Å². The molecular formula is C34H52N2O2. The summed E-state index contributed by atoms with van der Waals surface area (Å²) in [6, 6.07) is 8.35. The first-order valence-corrected chi connectivity index (χ1v) is 13.9. The Labute approximate surface area is 232 Å². The van der Waals surface area contributed by atoms with Gasteiger partial charge in [-0.25, -0.2) is 0 Å². The van der Waals surface area contributed by atoms with Crippen LogP contribution in [0.25, 0.3) is 0 Å². The Balaban J connectivity index is 2.24. The summed E-state index contributed by atoms with van der Waals surface area (Å²) < 4.78 is 0. The van der Waals surface area contributed by atoms with Crippen molar-refractivity contribution in [2.45, 2.75) is 112 Å². The van der Waals surface area contributed by atoms with E-state index in [1.54, 1.807) is 12.4 Å². The maximum absolute atomic E-state index is 11.0. The third-order valence-electron chi connectivity index (χ3n) is 6.92. The minimum atomic E-state index is -0.168. The van der Waals surface area contributed by atoms with Crippen molar-refractivity contribution in [2.75, 3.05) is 13.1 Å². The van der Waals surface area contributed by atoms with Gasteiger partial charge in [0.05, 0.1) is 0 Å². The molecule has 2 rings (SSSR count). The molecule has 0 spiro atoms. The minimum Gasteiger partial charge on any atom is -0.507 e. The quantitative estimate of drug-likeness (QED) is 0.375. The summed E-state index contributed by atoms with van der Waals surface area (Å²) >= 11 is 0. The lowest BCUT2D eigenvalue weighted by atomic mass is 9.79. The van der Waals surface area contributed by atoms with Crippen molar-refractivity contribution >= 4 is 12.4 Å². The van der Waals surface area contributed by atoms with Gasteiger partial charge in [-0.05, 0) is 50.8 Å². The van der Waals surface area contributed by atoms with Crippen LogP contribution in [0, 0.1) is 5.92 Å². The Morgan fingerprint density at radius 3 is 1.16 bits per heavy atom. The van der Waals surface area contributed by atoms with E-state index in [-0.39, 0.29) is 27.6 Å². The van der Waals surface area contributed by atoms with Crippen LogP contribution in [0.2, 0.25) is 0 Å². The molecule has 0 saturated heterocycles. The maximum Gasteiger partial charge on any atom is 0.128 e. The number of hydrogen-bond acceptors (Lipinski definition) is 4. The second-order valence-electron chi connectivity index (χ2n) is 15.0. The van der Waals surface area contributed by atoms with E-state index in [0.717, 1.165) is 22.3 Å².